The average molecular weight is 344 g/mol. The molecule has 0 aliphatic rings. The van der Waals surface area contributed by atoms with Crippen molar-refractivity contribution in [1.29, 1.82) is 0 Å². The number of aromatic nitrogens is 1. The van der Waals surface area contributed by atoms with Gasteiger partial charge < -0.3 is 4.42 Å². The Kier molecular flexibility index (Phi) is 3.81. The molecule has 0 saturated heterocycles. The fourth-order valence-electron chi connectivity index (χ4n) is 2.99. The van der Waals surface area contributed by atoms with Gasteiger partial charge in [0.15, 0.2) is 5.58 Å². The van der Waals surface area contributed by atoms with Crippen LogP contribution in [0, 0.1) is 0 Å². The maximum Gasteiger partial charge on any atom is 0.227 e. The van der Waals surface area contributed by atoms with E-state index in [1.165, 1.54) is 16.3 Å². The first-order valence-electron chi connectivity index (χ1n) is 8.58. The molecule has 0 aliphatic carbocycles. The third kappa shape index (κ3) is 3.15. The maximum absolute atomic E-state index is 5.92. The zero-order chi connectivity index (χ0) is 17.4. The van der Waals surface area contributed by atoms with E-state index in [2.05, 4.69) is 73.2 Å². The van der Waals surface area contributed by atoms with E-state index in [-0.39, 0.29) is 0 Å². The van der Waals surface area contributed by atoms with Crippen LogP contribution in [-0.4, -0.2) is 13.1 Å². The molecule has 0 unspecified atom stereocenters. The Labute approximate surface area is 149 Å². The minimum absolute atomic E-state index is 0.671. The van der Waals surface area contributed by atoms with Crippen molar-refractivity contribution in [3.63, 3.8) is 0 Å². The standard InChI is InChI=1S/C22H21NOSi/c1-25(2,3)19-11-7-9-17(15-19)16-8-6-10-18(14-16)22-23-20-12-4-5-13-21(20)24-22/h4-15H,1-3H3. The lowest BCUT2D eigenvalue weighted by atomic mass is 10.0. The van der Waals surface area contributed by atoms with Gasteiger partial charge in [0.2, 0.25) is 5.89 Å². The molecule has 1 heterocycles. The maximum atomic E-state index is 5.92. The lowest BCUT2D eigenvalue weighted by Gasteiger charge is -2.17. The van der Waals surface area contributed by atoms with Crippen molar-refractivity contribution < 1.29 is 4.42 Å². The third-order valence-corrected chi connectivity index (χ3v) is 6.51. The Balaban J connectivity index is 1.77. The van der Waals surface area contributed by atoms with E-state index in [0.29, 0.717) is 5.89 Å². The molecule has 4 aromatic rings. The van der Waals surface area contributed by atoms with Crippen LogP contribution in [0.5, 0.6) is 0 Å². The summed E-state index contributed by atoms with van der Waals surface area (Å²) < 4.78 is 5.92. The summed E-state index contributed by atoms with van der Waals surface area (Å²) in [7, 11) is -1.33. The molecule has 0 fully saturated rings. The number of rotatable bonds is 3. The number of oxazole rings is 1. The van der Waals surface area contributed by atoms with Gasteiger partial charge in [-0.1, -0.05) is 73.4 Å². The molecule has 0 saturated carbocycles. The molecule has 3 aromatic carbocycles. The zero-order valence-corrected chi connectivity index (χ0v) is 15.8. The Morgan fingerprint density at radius 3 is 2.16 bits per heavy atom. The molecule has 124 valence electrons. The molecule has 0 radical (unpaired) electrons. The van der Waals surface area contributed by atoms with Crippen LogP contribution in [0.3, 0.4) is 0 Å². The topological polar surface area (TPSA) is 26.0 Å². The summed E-state index contributed by atoms with van der Waals surface area (Å²) in [5.41, 5.74) is 5.16. The van der Waals surface area contributed by atoms with E-state index in [9.17, 15) is 0 Å². The first-order valence-corrected chi connectivity index (χ1v) is 12.1. The molecule has 1 aromatic heterocycles. The van der Waals surface area contributed by atoms with Gasteiger partial charge in [0.1, 0.15) is 5.52 Å². The molecule has 3 heteroatoms. The molecule has 4 rings (SSSR count). The number of para-hydroxylation sites is 2. The highest BCUT2D eigenvalue weighted by molar-refractivity contribution is 6.88. The number of hydrogen-bond donors (Lipinski definition) is 0. The van der Waals surface area contributed by atoms with Gasteiger partial charge in [0.05, 0.1) is 8.07 Å². The predicted molar refractivity (Wildman–Crippen MR) is 108 cm³/mol. The van der Waals surface area contributed by atoms with Crippen LogP contribution in [0.4, 0.5) is 0 Å². The summed E-state index contributed by atoms with van der Waals surface area (Å²) >= 11 is 0. The van der Waals surface area contributed by atoms with Crippen molar-refractivity contribution >= 4 is 24.4 Å². The number of hydrogen-bond acceptors (Lipinski definition) is 2. The summed E-state index contributed by atoms with van der Waals surface area (Å²) in [5.74, 6) is 0.671. The summed E-state index contributed by atoms with van der Waals surface area (Å²) in [6.07, 6.45) is 0. The molecule has 2 nitrogen and oxygen atoms in total. The van der Waals surface area contributed by atoms with Gasteiger partial charge in [-0.3, -0.25) is 0 Å². The van der Waals surface area contributed by atoms with Gasteiger partial charge in [-0.25, -0.2) is 4.98 Å². The predicted octanol–water partition coefficient (Wildman–Crippen LogP) is 5.71. The van der Waals surface area contributed by atoms with Crippen LogP contribution >= 0.6 is 0 Å². The molecule has 0 atom stereocenters. The Hall–Kier alpha value is -2.65. The van der Waals surface area contributed by atoms with Gasteiger partial charge in [-0.05, 0) is 35.4 Å². The molecule has 0 aliphatic heterocycles. The highest BCUT2D eigenvalue weighted by Gasteiger charge is 2.17. The number of benzene rings is 3. The van der Waals surface area contributed by atoms with Crippen LogP contribution in [0.25, 0.3) is 33.7 Å². The number of nitrogens with zero attached hydrogens (tertiary/aromatic N) is 1. The van der Waals surface area contributed by atoms with E-state index >= 15 is 0 Å². The molecule has 0 N–H and O–H groups in total. The summed E-state index contributed by atoms with van der Waals surface area (Å²) in [6, 6.07) is 25.2. The molecule has 0 amide bonds. The normalized spacial score (nSPS) is 11.8. The average Bonchev–Trinajstić information content (AvgIpc) is 3.05. The Bertz CT molecular complexity index is 1010. The summed E-state index contributed by atoms with van der Waals surface area (Å²) in [6.45, 7) is 7.13. The van der Waals surface area contributed by atoms with Crippen molar-refractivity contribution in [2.45, 2.75) is 19.6 Å². The van der Waals surface area contributed by atoms with Crippen LogP contribution in [-0.2, 0) is 0 Å². The van der Waals surface area contributed by atoms with Crippen LogP contribution in [0.15, 0.2) is 77.2 Å². The minimum Gasteiger partial charge on any atom is -0.436 e. The molecule has 0 bridgehead atoms. The van der Waals surface area contributed by atoms with E-state index in [1.807, 2.05) is 24.3 Å². The van der Waals surface area contributed by atoms with Crippen molar-refractivity contribution in [3.05, 3.63) is 72.8 Å². The fraction of sp³-hybridized carbons (Fsp3) is 0.136. The quantitative estimate of drug-likeness (QED) is 0.445. The second-order valence-electron chi connectivity index (χ2n) is 7.40. The van der Waals surface area contributed by atoms with Gasteiger partial charge in [0, 0.05) is 5.56 Å². The first kappa shape index (κ1) is 15.9. The minimum atomic E-state index is -1.33. The van der Waals surface area contributed by atoms with Gasteiger partial charge >= 0.3 is 0 Å². The smallest absolute Gasteiger partial charge is 0.227 e. The van der Waals surface area contributed by atoms with Crippen molar-refractivity contribution in [3.8, 4) is 22.6 Å². The van der Waals surface area contributed by atoms with Crippen LogP contribution < -0.4 is 5.19 Å². The molecule has 25 heavy (non-hydrogen) atoms. The molecular weight excluding hydrogens is 322 g/mol. The van der Waals surface area contributed by atoms with Crippen LogP contribution in [0.2, 0.25) is 19.6 Å². The van der Waals surface area contributed by atoms with E-state index in [1.54, 1.807) is 0 Å². The lowest BCUT2D eigenvalue weighted by molar-refractivity contribution is 0.620. The molecule has 0 spiro atoms. The third-order valence-electron chi connectivity index (χ3n) is 4.47. The molecular formula is C22H21NOSi. The van der Waals surface area contributed by atoms with Crippen LogP contribution in [0.1, 0.15) is 0 Å². The largest absolute Gasteiger partial charge is 0.436 e. The zero-order valence-electron chi connectivity index (χ0n) is 14.8. The Morgan fingerprint density at radius 2 is 1.40 bits per heavy atom. The van der Waals surface area contributed by atoms with Gasteiger partial charge in [-0.2, -0.15) is 0 Å². The Morgan fingerprint density at radius 1 is 0.720 bits per heavy atom. The lowest BCUT2D eigenvalue weighted by Crippen LogP contribution is -2.37. The second kappa shape index (κ2) is 6.01. The first-order chi connectivity index (χ1) is 12.0. The van der Waals surface area contributed by atoms with E-state index in [4.69, 9.17) is 4.42 Å². The SMILES string of the molecule is C[Si](C)(C)c1cccc(-c2cccc(-c3nc4ccccc4o3)c2)c1. The van der Waals surface area contributed by atoms with Gasteiger partial charge in [-0.15, -0.1) is 0 Å². The second-order valence-corrected chi connectivity index (χ2v) is 12.5. The monoisotopic (exact) mass is 343 g/mol. The van der Waals surface area contributed by atoms with Crippen molar-refractivity contribution in [2.24, 2.45) is 0 Å². The van der Waals surface area contributed by atoms with Crippen molar-refractivity contribution in [2.75, 3.05) is 0 Å². The van der Waals surface area contributed by atoms with Crippen molar-refractivity contribution in [1.82, 2.24) is 4.98 Å². The fourth-order valence-corrected chi connectivity index (χ4v) is 4.18. The van der Waals surface area contributed by atoms with Gasteiger partial charge in [0.25, 0.3) is 0 Å². The number of fused-ring (bicyclic) bond motifs is 1. The summed E-state index contributed by atoms with van der Waals surface area (Å²) in [5, 5.41) is 1.47. The van der Waals surface area contributed by atoms with E-state index in [0.717, 1.165) is 16.7 Å². The highest BCUT2D eigenvalue weighted by atomic mass is 28.3. The summed E-state index contributed by atoms with van der Waals surface area (Å²) in [4.78, 5) is 4.61. The highest BCUT2D eigenvalue weighted by Crippen LogP contribution is 2.28. The van der Waals surface area contributed by atoms with E-state index < -0.39 is 8.07 Å².